The van der Waals surface area contributed by atoms with Gasteiger partial charge in [-0.25, -0.2) is 8.42 Å². The minimum Gasteiger partial charge on any atom is -0.495 e. The molecule has 1 N–H and O–H groups in total. The Morgan fingerprint density at radius 2 is 2.19 bits per heavy atom. The lowest BCUT2D eigenvalue weighted by atomic mass is 10.1. The van der Waals surface area contributed by atoms with E-state index in [1.54, 1.807) is 0 Å². The van der Waals surface area contributed by atoms with E-state index in [9.17, 15) is 8.42 Å². The third kappa shape index (κ3) is 2.27. The Hall–Kier alpha value is -1.29. The highest BCUT2D eigenvalue weighted by molar-refractivity contribution is 8.13. The van der Waals surface area contributed by atoms with Crippen LogP contribution in [0.4, 0.5) is 0 Å². The molecular weight excluding hydrogens is 254 g/mol. The third-order valence-corrected chi connectivity index (χ3v) is 3.32. The van der Waals surface area contributed by atoms with Crippen molar-refractivity contribution in [2.45, 2.75) is 11.5 Å². The number of rotatable bonds is 3. The summed E-state index contributed by atoms with van der Waals surface area (Å²) < 4.78 is 27.3. The molecule has 0 spiro atoms. The fourth-order valence-electron chi connectivity index (χ4n) is 1.28. The number of nitriles is 1. The van der Waals surface area contributed by atoms with Crippen molar-refractivity contribution < 1.29 is 18.3 Å². The molecule has 0 aliphatic rings. The maximum absolute atomic E-state index is 11.2. The van der Waals surface area contributed by atoms with E-state index in [-0.39, 0.29) is 21.8 Å². The highest BCUT2D eigenvalue weighted by atomic mass is 35.7. The number of aliphatic hydroxyl groups is 1. The lowest BCUT2D eigenvalue weighted by Gasteiger charge is -2.11. The Morgan fingerprint density at radius 1 is 1.56 bits per heavy atom. The first-order valence-corrected chi connectivity index (χ1v) is 6.42. The van der Waals surface area contributed by atoms with Crippen LogP contribution in [0.15, 0.2) is 17.0 Å². The van der Waals surface area contributed by atoms with Crippen molar-refractivity contribution in [3.63, 3.8) is 0 Å². The van der Waals surface area contributed by atoms with Crippen LogP contribution in [-0.4, -0.2) is 20.6 Å². The van der Waals surface area contributed by atoms with Crippen LogP contribution in [0.25, 0.3) is 0 Å². The van der Waals surface area contributed by atoms with Gasteiger partial charge >= 0.3 is 0 Å². The van der Waals surface area contributed by atoms with Gasteiger partial charge in [0.1, 0.15) is 10.6 Å². The van der Waals surface area contributed by atoms with E-state index in [2.05, 4.69) is 0 Å². The van der Waals surface area contributed by atoms with Crippen LogP contribution in [0.3, 0.4) is 0 Å². The van der Waals surface area contributed by atoms with E-state index < -0.39 is 15.7 Å². The molecule has 0 saturated heterocycles. The second-order valence-corrected chi connectivity index (χ2v) is 5.37. The van der Waals surface area contributed by atoms with Crippen LogP contribution in [0.1, 0.15) is 11.1 Å². The predicted molar refractivity (Wildman–Crippen MR) is 56.7 cm³/mol. The second-order valence-electron chi connectivity index (χ2n) is 2.83. The standard InChI is InChI=1S/C9H8ClNO4S/c1-15-9-7(5-12)6(4-11)2-3-8(9)16(10,13)14/h2-3,12H,5H2,1H3. The Kier molecular flexibility index (Phi) is 3.75. The van der Waals surface area contributed by atoms with Crippen molar-refractivity contribution in [2.24, 2.45) is 0 Å². The normalized spacial score (nSPS) is 10.9. The van der Waals surface area contributed by atoms with Gasteiger partial charge in [0.25, 0.3) is 9.05 Å². The smallest absolute Gasteiger partial charge is 0.264 e. The van der Waals surface area contributed by atoms with E-state index in [1.165, 1.54) is 19.2 Å². The number of hydrogen-bond donors (Lipinski definition) is 1. The zero-order valence-electron chi connectivity index (χ0n) is 8.27. The van der Waals surface area contributed by atoms with Gasteiger partial charge in [-0.05, 0) is 12.1 Å². The molecule has 0 amide bonds. The quantitative estimate of drug-likeness (QED) is 0.820. The largest absolute Gasteiger partial charge is 0.495 e. The number of halogens is 1. The topological polar surface area (TPSA) is 87.4 Å². The van der Waals surface area contributed by atoms with E-state index in [0.29, 0.717) is 0 Å². The summed E-state index contributed by atoms with van der Waals surface area (Å²) in [4.78, 5) is -0.264. The summed E-state index contributed by atoms with van der Waals surface area (Å²) in [5.74, 6) is -0.100. The van der Waals surface area contributed by atoms with Gasteiger partial charge in [-0.2, -0.15) is 5.26 Å². The van der Waals surface area contributed by atoms with E-state index in [0.717, 1.165) is 0 Å². The van der Waals surface area contributed by atoms with Gasteiger partial charge in [-0.1, -0.05) is 0 Å². The number of ether oxygens (including phenoxy) is 1. The SMILES string of the molecule is COc1c(S(=O)(=O)Cl)ccc(C#N)c1CO. The van der Waals surface area contributed by atoms with Crippen molar-refractivity contribution in [3.8, 4) is 11.8 Å². The minimum atomic E-state index is -3.98. The molecule has 1 rings (SSSR count). The lowest BCUT2D eigenvalue weighted by molar-refractivity contribution is 0.272. The molecule has 1 aromatic rings. The van der Waals surface area contributed by atoms with Gasteiger partial charge in [0.05, 0.1) is 25.3 Å². The zero-order chi connectivity index (χ0) is 12.3. The molecule has 0 saturated carbocycles. The summed E-state index contributed by atoms with van der Waals surface area (Å²) in [6, 6.07) is 4.25. The summed E-state index contributed by atoms with van der Waals surface area (Å²) in [5, 5.41) is 17.8. The number of benzene rings is 1. The Morgan fingerprint density at radius 3 is 2.56 bits per heavy atom. The van der Waals surface area contributed by atoms with Gasteiger partial charge in [0.2, 0.25) is 0 Å². The first kappa shape index (κ1) is 12.8. The van der Waals surface area contributed by atoms with Crippen molar-refractivity contribution in [1.82, 2.24) is 0 Å². The van der Waals surface area contributed by atoms with Gasteiger partial charge in [0.15, 0.2) is 0 Å². The van der Waals surface area contributed by atoms with Crippen LogP contribution in [0, 0.1) is 11.3 Å². The molecule has 0 heterocycles. The van der Waals surface area contributed by atoms with E-state index >= 15 is 0 Å². The van der Waals surface area contributed by atoms with Crippen molar-refractivity contribution in [2.75, 3.05) is 7.11 Å². The molecule has 7 heteroatoms. The predicted octanol–water partition coefficient (Wildman–Crippen LogP) is 0.987. The van der Waals surface area contributed by atoms with Crippen LogP contribution in [-0.2, 0) is 15.7 Å². The van der Waals surface area contributed by atoms with Crippen LogP contribution >= 0.6 is 10.7 Å². The number of aliphatic hydroxyl groups excluding tert-OH is 1. The van der Waals surface area contributed by atoms with Gasteiger partial charge < -0.3 is 9.84 Å². The summed E-state index contributed by atoms with van der Waals surface area (Å²) in [7, 11) is 2.46. The first-order chi connectivity index (χ1) is 7.45. The van der Waals surface area contributed by atoms with E-state index in [1.807, 2.05) is 6.07 Å². The first-order valence-electron chi connectivity index (χ1n) is 4.11. The average Bonchev–Trinajstić information content (AvgIpc) is 2.25. The molecule has 0 aromatic heterocycles. The molecule has 0 fully saturated rings. The van der Waals surface area contributed by atoms with Gasteiger partial charge in [0, 0.05) is 16.2 Å². The number of nitrogens with zero attached hydrogens (tertiary/aromatic N) is 1. The van der Waals surface area contributed by atoms with Gasteiger partial charge in [-0.15, -0.1) is 0 Å². The Balaban J connectivity index is 3.64. The summed E-state index contributed by atoms with van der Waals surface area (Å²) in [5.41, 5.74) is 0.246. The lowest BCUT2D eigenvalue weighted by Crippen LogP contribution is -2.02. The Labute approximate surface area is 97.3 Å². The molecular formula is C9H8ClNO4S. The molecule has 0 bridgehead atoms. The molecule has 0 aliphatic carbocycles. The summed E-state index contributed by atoms with van der Waals surface area (Å²) >= 11 is 0. The monoisotopic (exact) mass is 261 g/mol. The molecule has 1 aromatic carbocycles. The van der Waals surface area contributed by atoms with Crippen molar-refractivity contribution in [3.05, 3.63) is 23.3 Å². The fourth-order valence-corrected chi connectivity index (χ4v) is 2.31. The van der Waals surface area contributed by atoms with Crippen molar-refractivity contribution >= 4 is 19.7 Å². The molecule has 16 heavy (non-hydrogen) atoms. The van der Waals surface area contributed by atoms with Crippen LogP contribution in [0.2, 0.25) is 0 Å². The third-order valence-electron chi connectivity index (χ3n) is 1.97. The second kappa shape index (κ2) is 4.70. The van der Waals surface area contributed by atoms with Crippen molar-refractivity contribution in [1.29, 1.82) is 5.26 Å². The molecule has 0 radical (unpaired) electrons. The highest BCUT2D eigenvalue weighted by Gasteiger charge is 2.21. The fraction of sp³-hybridized carbons (Fsp3) is 0.222. The summed E-state index contributed by atoms with van der Waals surface area (Å²) in [6.07, 6.45) is 0. The van der Waals surface area contributed by atoms with Crippen LogP contribution in [0.5, 0.6) is 5.75 Å². The number of hydrogen-bond acceptors (Lipinski definition) is 5. The molecule has 0 unspecified atom stereocenters. The average molecular weight is 262 g/mol. The highest BCUT2D eigenvalue weighted by Crippen LogP contribution is 2.32. The number of methoxy groups -OCH3 is 1. The maximum atomic E-state index is 11.2. The zero-order valence-corrected chi connectivity index (χ0v) is 9.84. The molecule has 5 nitrogen and oxygen atoms in total. The van der Waals surface area contributed by atoms with Gasteiger partial charge in [-0.3, -0.25) is 0 Å². The molecule has 86 valence electrons. The minimum absolute atomic E-state index is 0.100. The molecule has 0 atom stereocenters. The summed E-state index contributed by atoms with van der Waals surface area (Å²) in [6.45, 7) is -0.508. The molecule has 0 aliphatic heterocycles. The maximum Gasteiger partial charge on any atom is 0.264 e. The van der Waals surface area contributed by atoms with E-state index in [4.69, 9.17) is 25.8 Å². The Bertz CT molecular complexity index is 547. The van der Waals surface area contributed by atoms with Crippen LogP contribution < -0.4 is 4.74 Å².